The molecule has 0 aromatic carbocycles. The number of nitrogens with one attached hydrogen (secondary N) is 1. The lowest BCUT2D eigenvalue weighted by Gasteiger charge is -2.49. The van der Waals surface area contributed by atoms with Gasteiger partial charge in [-0.3, -0.25) is 4.90 Å². The molecule has 2 rings (SSSR count). The minimum atomic E-state index is 0.258. The molecule has 3 heteroatoms. The van der Waals surface area contributed by atoms with Crippen molar-refractivity contribution in [1.82, 2.24) is 15.1 Å². The molecule has 19 heavy (non-hydrogen) atoms. The first-order valence-electron chi connectivity index (χ1n) is 8.02. The largest absolute Gasteiger partial charge is 0.312 e. The van der Waals surface area contributed by atoms with Crippen LogP contribution in [0.4, 0.5) is 0 Å². The summed E-state index contributed by atoms with van der Waals surface area (Å²) in [6.07, 6.45) is 5.58. The number of likely N-dealkylation sites (N-methyl/N-ethyl adjacent to an activating group) is 1. The molecular formula is C16H33N3. The van der Waals surface area contributed by atoms with Crippen molar-refractivity contribution in [2.45, 2.75) is 64.1 Å². The summed E-state index contributed by atoms with van der Waals surface area (Å²) in [4.78, 5) is 5.18. The van der Waals surface area contributed by atoms with Gasteiger partial charge in [0.2, 0.25) is 0 Å². The van der Waals surface area contributed by atoms with Crippen molar-refractivity contribution in [1.29, 1.82) is 0 Å². The quantitative estimate of drug-likeness (QED) is 0.842. The number of rotatable bonds is 4. The van der Waals surface area contributed by atoms with Gasteiger partial charge in [-0.25, -0.2) is 0 Å². The average Bonchev–Trinajstić information content (AvgIpc) is 2.26. The van der Waals surface area contributed by atoms with E-state index in [1.54, 1.807) is 0 Å². The molecule has 2 fully saturated rings. The molecular weight excluding hydrogens is 234 g/mol. The van der Waals surface area contributed by atoms with E-state index in [-0.39, 0.29) is 5.54 Å². The molecule has 1 saturated carbocycles. The van der Waals surface area contributed by atoms with E-state index in [2.05, 4.69) is 50.0 Å². The van der Waals surface area contributed by atoms with Crippen molar-refractivity contribution >= 4 is 0 Å². The zero-order chi connectivity index (χ0) is 14.0. The van der Waals surface area contributed by atoms with Crippen molar-refractivity contribution < 1.29 is 0 Å². The predicted octanol–water partition coefficient (Wildman–Crippen LogP) is 2.18. The molecule has 112 valence electrons. The molecule has 1 aliphatic carbocycles. The summed E-state index contributed by atoms with van der Waals surface area (Å²) in [7, 11) is 4.46. The number of hydrogen-bond donors (Lipinski definition) is 1. The Morgan fingerprint density at radius 2 is 1.89 bits per heavy atom. The van der Waals surface area contributed by atoms with Crippen molar-refractivity contribution in [2.75, 3.05) is 33.7 Å². The summed E-state index contributed by atoms with van der Waals surface area (Å²) < 4.78 is 0. The molecule has 0 bridgehead atoms. The van der Waals surface area contributed by atoms with E-state index in [0.717, 1.165) is 18.0 Å². The second kappa shape index (κ2) is 6.11. The molecule has 3 nitrogen and oxygen atoms in total. The molecule has 3 atom stereocenters. The Morgan fingerprint density at radius 1 is 1.16 bits per heavy atom. The van der Waals surface area contributed by atoms with E-state index in [4.69, 9.17) is 0 Å². The van der Waals surface area contributed by atoms with Crippen LogP contribution >= 0.6 is 0 Å². The third-order valence-corrected chi connectivity index (χ3v) is 4.90. The second-order valence-corrected chi connectivity index (χ2v) is 7.79. The highest BCUT2D eigenvalue weighted by Crippen LogP contribution is 2.34. The molecule has 3 unspecified atom stereocenters. The molecule has 2 aliphatic rings. The third-order valence-electron chi connectivity index (χ3n) is 4.90. The average molecular weight is 267 g/mol. The Hall–Kier alpha value is -0.120. The normalized spacial score (nSPS) is 33.5. The highest BCUT2D eigenvalue weighted by Gasteiger charge is 2.37. The van der Waals surface area contributed by atoms with E-state index >= 15 is 0 Å². The Morgan fingerprint density at radius 3 is 2.42 bits per heavy atom. The highest BCUT2D eigenvalue weighted by atomic mass is 15.2. The predicted molar refractivity (Wildman–Crippen MR) is 82.5 cm³/mol. The highest BCUT2D eigenvalue weighted by molar-refractivity contribution is 4.94. The summed E-state index contributed by atoms with van der Waals surface area (Å²) in [6.45, 7) is 10.6. The Kier molecular flexibility index (Phi) is 4.91. The van der Waals surface area contributed by atoms with Crippen molar-refractivity contribution in [3.05, 3.63) is 0 Å². The first-order chi connectivity index (χ1) is 8.87. The van der Waals surface area contributed by atoms with Gasteiger partial charge < -0.3 is 10.2 Å². The minimum absolute atomic E-state index is 0.258. The van der Waals surface area contributed by atoms with Gasteiger partial charge in [-0.05, 0) is 79.6 Å². The fraction of sp³-hybridized carbons (Fsp3) is 1.00. The Labute approximate surface area is 119 Å². The maximum atomic E-state index is 3.69. The van der Waals surface area contributed by atoms with Gasteiger partial charge in [-0.1, -0.05) is 0 Å². The summed E-state index contributed by atoms with van der Waals surface area (Å²) >= 11 is 0. The van der Waals surface area contributed by atoms with Gasteiger partial charge in [0.1, 0.15) is 0 Å². The zero-order valence-electron chi connectivity index (χ0n) is 13.6. The number of piperidine rings is 1. The fourth-order valence-corrected chi connectivity index (χ4v) is 3.41. The Bertz CT molecular complexity index is 282. The van der Waals surface area contributed by atoms with Crippen molar-refractivity contribution in [2.24, 2.45) is 5.92 Å². The lowest BCUT2D eigenvalue weighted by atomic mass is 9.77. The second-order valence-electron chi connectivity index (χ2n) is 7.79. The first-order valence-corrected chi connectivity index (χ1v) is 8.02. The lowest BCUT2D eigenvalue weighted by Crippen LogP contribution is -2.57. The number of likely N-dealkylation sites (tertiary alicyclic amines) is 1. The van der Waals surface area contributed by atoms with Crippen LogP contribution < -0.4 is 5.32 Å². The van der Waals surface area contributed by atoms with E-state index in [0.29, 0.717) is 0 Å². The van der Waals surface area contributed by atoms with E-state index in [9.17, 15) is 0 Å². The van der Waals surface area contributed by atoms with Crippen LogP contribution in [-0.4, -0.2) is 61.2 Å². The Balaban J connectivity index is 1.81. The monoisotopic (exact) mass is 267 g/mol. The van der Waals surface area contributed by atoms with Gasteiger partial charge in [-0.15, -0.1) is 0 Å². The molecule has 1 saturated heterocycles. The molecule has 0 aromatic rings. The molecule has 0 amide bonds. The van der Waals surface area contributed by atoms with Crippen LogP contribution in [0.3, 0.4) is 0 Å². The van der Waals surface area contributed by atoms with Gasteiger partial charge >= 0.3 is 0 Å². The number of nitrogens with zero attached hydrogens (tertiary/aromatic N) is 2. The SMILES string of the molecule is CN(C)C1CCCN(C2CCC2CNC(C)(C)C)C1. The number of hydrogen-bond acceptors (Lipinski definition) is 3. The molecule has 0 aromatic heterocycles. The van der Waals surface area contributed by atoms with Gasteiger partial charge in [0.25, 0.3) is 0 Å². The van der Waals surface area contributed by atoms with E-state index in [1.807, 2.05) is 0 Å². The maximum Gasteiger partial charge on any atom is 0.0217 e. The van der Waals surface area contributed by atoms with Gasteiger partial charge in [-0.2, -0.15) is 0 Å². The first kappa shape index (κ1) is 15.3. The van der Waals surface area contributed by atoms with Gasteiger partial charge in [0.15, 0.2) is 0 Å². The molecule has 1 heterocycles. The maximum absolute atomic E-state index is 3.69. The lowest BCUT2D eigenvalue weighted by molar-refractivity contribution is 0.0179. The van der Waals surface area contributed by atoms with Crippen LogP contribution in [0, 0.1) is 5.92 Å². The summed E-state index contributed by atoms with van der Waals surface area (Å²) in [6, 6.07) is 1.61. The van der Waals surface area contributed by atoms with Gasteiger partial charge in [0.05, 0.1) is 0 Å². The standard InChI is InChI=1S/C16H33N3/c1-16(2,3)17-11-13-8-9-15(13)19-10-6-7-14(12-19)18(4)5/h13-15,17H,6-12H2,1-5H3. The van der Waals surface area contributed by atoms with Crippen LogP contribution in [0.2, 0.25) is 0 Å². The van der Waals surface area contributed by atoms with E-state index in [1.165, 1.54) is 45.3 Å². The molecule has 0 spiro atoms. The van der Waals surface area contributed by atoms with Gasteiger partial charge in [0, 0.05) is 24.2 Å². The van der Waals surface area contributed by atoms with Crippen molar-refractivity contribution in [3.8, 4) is 0 Å². The summed E-state index contributed by atoms with van der Waals surface area (Å²) in [5.41, 5.74) is 0.258. The van der Waals surface area contributed by atoms with Crippen LogP contribution in [0.1, 0.15) is 46.5 Å². The topological polar surface area (TPSA) is 18.5 Å². The molecule has 1 N–H and O–H groups in total. The summed E-state index contributed by atoms with van der Waals surface area (Å²) in [5.74, 6) is 0.875. The zero-order valence-corrected chi connectivity index (χ0v) is 13.6. The van der Waals surface area contributed by atoms with Crippen LogP contribution in [0.15, 0.2) is 0 Å². The minimum Gasteiger partial charge on any atom is -0.312 e. The fourth-order valence-electron chi connectivity index (χ4n) is 3.41. The summed E-state index contributed by atoms with van der Waals surface area (Å²) in [5, 5.41) is 3.69. The van der Waals surface area contributed by atoms with Crippen LogP contribution in [0.25, 0.3) is 0 Å². The van der Waals surface area contributed by atoms with E-state index < -0.39 is 0 Å². The smallest absolute Gasteiger partial charge is 0.0217 e. The van der Waals surface area contributed by atoms with Crippen LogP contribution in [0.5, 0.6) is 0 Å². The molecule has 0 radical (unpaired) electrons. The third kappa shape index (κ3) is 4.17. The van der Waals surface area contributed by atoms with Crippen molar-refractivity contribution in [3.63, 3.8) is 0 Å². The van der Waals surface area contributed by atoms with Crippen LogP contribution in [-0.2, 0) is 0 Å². The molecule has 1 aliphatic heterocycles.